The monoisotopic (exact) mass is 367 g/mol. The first-order chi connectivity index (χ1) is 12.8. The average Bonchev–Trinajstić information content (AvgIpc) is 2.66. The minimum atomic E-state index is -0.237. The molecule has 0 aliphatic carbocycles. The fourth-order valence-corrected chi connectivity index (χ4v) is 2.44. The maximum Gasteiger partial charge on any atom is 0.262 e. The molecule has 0 saturated carbocycles. The predicted molar refractivity (Wildman–Crippen MR) is 111 cm³/mol. The molecule has 0 aliphatic heterocycles. The Morgan fingerprint density at radius 2 is 1.70 bits per heavy atom. The highest BCUT2D eigenvalue weighted by Gasteiger charge is 2.17. The van der Waals surface area contributed by atoms with Gasteiger partial charge < -0.3 is 14.8 Å². The summed E-state index contributed by atoms with van der Waals surface area (Å²) in [6.45, 7) is 12.6. The molecule has 0 atom stereocenters. The summed E-state index contributed by atoms with van der Waals surface area (Å²) in [5.41, 5.74) is 2.91. The molecular formula is C23H29NO3. The van der Waals surface area contributed by atoms with Gasteiger partial charge in [0.25, 0.3) is 5.91 Å². The number of anilines is 1. The lowest BCUT2D eigenvalue weighted by Crippen LogP contribution is -2.21. The molecule has 2 aromatic rings. The van der Waals surface area contributed by atoms with Gasteiger partial charge in [-0.25, -0.2) is 0 Å². The number of hydrogen-bond donors (Lipinski definition) is 1. The number of nitrogens with one attached hydrogen (secondary N) is 1. The van der Waals surface area contributed by atoms with Crippen molar-refractivity contribution < 1.29 is 14.3 Å². The van der Waals surface area contributed by atoms with Gasteiger partial charge in [0, 0.05) is 0 Å². The molecular weight excluding hydrogens is 338 g/mol. The molecule has 0 radical (unpaired) electrons. The maximum atomic E-state index is 12.2. The Bertz CT molecular complexity index is 778. The van der Waals surface area contributed by atoms with E-state index in [1.807, 2.05) is 37.3 Å². The zero-order valence-electron chi connectivity index (χ0n) is 16.7. The van der Waals surface area contributed by atoms with E-state index < -0.39 is 0 Å². The van der Waals surface area contributed by atoms with E-state index in [0.717, 1.165) is 12.0 Å². The Hall–Kier alpha value is -2.75. The molecule has 0 spiro atoms. The van der Waals surface area contributed by atoms with Crippen molar-refractivity contribution in [2.75, 3.05) is 18.5 Å². The number of carbonyl (C=O) groups is 1. The molecule has 0 saturated heterocycles. The van der Waals surface area contributed by atoms with Crippen molar-refractivity contribution in [3.63, 3.8) is 0 Å². The molecule has 0 fully saturated rings. The normalized spacial score (nSPS) is 11.0. The first kappa shape index (κ1) is 20.6. The van der Waals surface area contributed by atoms with Crippen LogP contribution in [0.2, 0.25) is 0 Å². The topological polar surface area (TPSA) is 47.6 Å². The Morgan fingerprint density at radius 3 is 2.33 bits per heavy atom. The van der Waals surface area contributed by atoms with Gasteiger partial charge in [-0.05, 0) is 54.2 Å². The molecule has 0 bridgehead atoms. The van der Waals surface area contributed by atoms with Crippen molar-refractivity contribution in [1.82, 2.24) is 0 Å². The molecule has 0 aliphatic rings. The summed E-state index contributed by atoms with van der Waals surface area (Å²) in [5.74, 6) is 1.05. The summed E-state index contributed by atoms with van der Waals surface area (Å²) in [6.07, 6.45) is 1.06. The SMILES string of the molecule is C=C(C)COc1ccccc1NC(=O)COc1ccc(C(C)(C)CC)cc1. The molecule has 144 valence electrons. The largest absolute Gasteiger partial charge is 0.487 e. The molecule has 1 amide bonds. The number of para-hydroxylation sites is 2. The molecule has 0 unspecified atom stereocenters. The number of rotatable bonds is 9. The Balaban J connectivity index is 1.92. The third-order valence-corrected chi connectivity index (χ3v) is 4.52. The molecule has 1 N–H and O–H groups in total. The van der Waals surface area contributed by atoms with Crippen LogP contribution >= 0.6 is 0 Å². The smallest absolute Gasteiger partial charge is 0.262 e. The second-order valence-corrected chi connectivity index (χ2v) is 7.34. The van der Waals surface area contributed by atoms with Crippen molar-refractivity contribution in [1.29, 1.82) is 0 Å². The van der Waals surface area contributed by atoms with Gasteiger partial charge >= 0.3 is 0 Å². The summed E-state index contributed by atoms with van der Waals surface area (Å²) >= 11 is 0. The third-order valence-electron chi connectivity index (χ3n) is 4.52. The number of carbonyl (C=O) groups excluding carboxylic acids is 1. The zero-order valence-corrected chi connectivity index (χ0v) is 16.7. The van der Waals surface area contributed by atoms with Crippen LogP contribution in [0.4, 0.5) is 5.69 Å². The number of benzene rings is 2. The average molecular weight is 367 g/mol. The van der Waals surface area contributed by atoms with Gasteiger partial charge in [-0.3, -0.25) is 4.79 Å². The van der Waals surface area contributed by atoms with Crippen LogP contribution in [-0.4, -0.2) is 19.1 Å². The third kappa shape index (κ3) is 6.17. The van der Waals surface area contributed by atoms with Gasteiger partial charge in [0.15, 0.2) is 6.61 Å². The van der Waals surface area contributed by atoms with E-state index in [9.17, 15) is 4.79 Å². The van der Waals surface area contributed by atoms with Crippen LogP contribution < -0.4 is 14.8 Å². The number of hydrogen-bond acceptors (Lipinski definition) is 3. The quantitative estimate of drug-likeness (QED) is 0.608. The minimum absolute atomic E-state index is 0.0641. The van der Waals surface area contributed by atoms with Crippen LogP contribution in [0, 0.1) is 0 Å². The van der Waals surface area contributed by atoms with Crippen LogP contribution in [0.1, 0.15) is 39.7 Å². The van der Waals surface area contributed by atoms with Gasteiger partial charge in [-0.2, -0.15) is 0 Å². The number of ether oxygens (including phenoxy) is 2. The Kier molecular flexibility index (Phi) is 7.05. The fourth-order valence-electron chi connectivity index (χ4n) is 2.44. The van der Waals surface area contributed by atoms with Crippen LogP contribution in [-0.2, 0) is 10.2 Å². The summed E-state index contributed by atoms with van der Waals surface area (Å²) < 4.78 is 11.3. The first-order valence-electron chi connectivity index (χ1n) is 9.21. The van der Waals surface area contributed by atoms with Gasteiger partial charge in [0.1, 0.15) is 18.1 Å². The number of amides is 1. The van der Waals surface area contributed by atoms with Crippen molar-refractivity contribution in [3.05, 3.63) is 66.2 Å². The van der Waals surface area contributed by atoms with Crippen LogP contribution in [0.5, 0.6) is 11.5 Å². The molecule has 4 nitrogen and oxygen atoms in total. The molecule has 0 heterocycles. The standard InChI is InChI=1S/C23H29NO3/c1-6-23(4,5)18-11-13-19(14-12-18)26-16-22(25)24-20-9-7-8-10-21(20)27-15-17(2)3/h7-14H,2,6,15-16H2,1,3-5H3,(H,24,25). The van der Waals surface area contributed by atoms with Crippen molar-refractivity contribution >= 4 is 11.6 Å². The molecule has 4 heteroatoms. The van der Waals surface area contributed by atoms with Crippen LogP contribution in [0.15, 0.2) is 60.7 Å². The summed E-state index contributed by atoms with van der Waals surface area (Å²) in [6, 6.07) is 15.2. The van der Waals surface area contributed by atoms with Crippen molar-refractivity contribution in [3.8, 4) is 11.5 Å². The van der Waals surface area contributed by atoms with Crippen LogP contribution in [0.25, 0.3) is 0 Å². The lowest BCUT2D eigenvalue weighted by molar-refractivity contribution is -0.118. The molecule has 2 rings (SSSR count). The minimum Gasteiger partial charge on any atom is -0.487 e. The lowest BCUT2D eigenvalue weighted by atomic mass is 9.82. The van der Waals surface area contributed by atoms with Gasteiger partial charge in [0.2, 0.25) is 0 Å². The van der Waals surface area contributed by atoms with E-state index in [0.29, 0.717) is 23.8 Å². The lowest BCUT2D eigenvalue weighted by Gasteiger charge is -2.23. The van der Waals surface area contributed by atoms with E-state index in [2.05, 4.69) is 44.8 Å². The van der Waals surface area contributed by atoms with E-state index in [1.165, 1.54) is 5.56 Å². The van der Waals surface area contributed by atoms with E-state index in [1.54, 1.807) is 6.07 Å². The second kappa shape index (κ2) is 9.26. The van der Waals surface area contributed by atoms with Crippen molar-refractivity contribution in [2.45, 2.75) is 39.5 Å². The van der Waals surface area contributed by atoms with E-state index in [4.69, 9.17) is 9.47 Å². The van der Waals surface area contributed by atoms with Gasteiger partial charge in [-0.15, -0.1) is 0 Å². The Morgan fingerprint density at radius 1 is 1.04 bits per heavy atom. The molecule has 27 heavy (non-hydrogen) atoms. The van der Waals surface area contributed by atoms with Crippen molar-refractivity contribution in [2.24, 2.45) is 0 Å². The van der Waals surface area contributed by atoms with E-state index >= 15 is 0 Å². The highest BCUT2D eigenvalue weighted by atomic mass is 16.5. The highest BCUT2D eigenvalue weighted by Crippen LogP contribution is 2.28. The predicted octanol–water partition coefficient (Wildman–Crippen LogP) is 5.35. The summed E-state index contributed by atoms with van der Waals surface area (Å²) in [7, 11) is 0. The zero-order chi connectivity index (χ0) is 19.9. The van der Waals surface area contributed by atoms with Gasteiger partial charge in [0.05, 0.1) is 5.69 Å². The summed E-state index contributed by atoms with van der Waals surface area (Å²) in [5, 5.41) is 2.83. The first-order valence-corrected chi connectivity index (χ1v) is 9.21. The molecule has 0 aromatic heterocycles. The maximum absolute atomic E-state index is 12.2. The second-order valence-electron chi connectivity index (χ2n) is 7.34. The molecule has 2 aromatic carbocycles. The Labute approximate surface area is 162 Å². The highest BCUT2D eigenvalue weighted by molar-refractivity contribution is 5.93. The van der Waals surface area contributed by atoms with E-state index in [-0.39, 0.29) is 17.9 Å². The van der Waals surface area contributed by atoms with Crippen LogP contribution in [0.3, 0.4) is 0 Å². The van der Waals surface area contributed by atoms with Gasteiger partial charge in [-0.1, -0.05) is 51.6 Å². The summed E-state index contributed by atoms with van der Waals surface area (Å²) in [4.78, 5) is 12.2. The fraction of sp³-hybridized carbons (Fsp3) is 0.348.